The zero-order chi connectivity index (χ0) is 20.5. The Hall–Kier alpha value is -2.56. The number of hydrogen-bond acceptors (Lipinski definition) is 5. The number of carbonyl (C=O) groups is 1. The van der Waals surface area contributed by atoms with Gasteiger partial charge in [0.05, 0.1) is 31.4 Å². The van der Waals surface area contributed by atoms with Crippen LogP contribution in [-0.4, -0.2) is 15.8 Å². The van der Waals surface area contributed by atoms with Crippen molar-refractivity contribution in [3.8, 4) is 10.6 Å². The van der Waals surface area contributed by atoms with E-state index in [2.05, 4.69) is 32.9 Å². The molecule has 0 bridgehead atoms. The van der Waals surface area contributed by atoms with E-state index in [1.807, 2.05) is 36.4 Å². The maximum atomic E-state index is 12.8. The lowest BCUT2D eigenvalue weighted by Gasteiger charge is -2.11. The summed E-state index contributed by atoms with van der Waals surface area (Å²) in [6, 6.07) is 17.2. The summed E-state index contributed by atoms with van der Waals surface area (Å²) in [5, 5.41) is 14.8. The average molecular weight is 536 g/mol. The number of halogens is 2. The van der Waals surface area contributed by atoms with E-state index in [0.29, 0.717) is 5.69 Å². The van der Waals surface area contributed by atoms with E-state index in [9.17, 15) is 14.9 Å². The first-order valence-corrected chi connectivity index (χ1v) is 10.6. The zero-order valence-corrected chi connectivity index (χ0v) is 18.3. The van der Waals surface area contributed by atoms with Crippen LogP contribution in [0.4, 0.5) is 11.4 Å². The van der Waals surface area contributed by atoms with Crippen LogP contribution in [0.15, 0.2) is 60.7 Å². The molecule has 4 rings (SSSR count). The van der Waals surface area contributed by atoms with E-state index in [0.717, 1.165) is 24.4 Å². The summed E-state index contributed by atoms with van der Waals surface area (Å²) in [4.78, 5) is 27.9. The third-order valence-corrected chi connectivity index (χ3v) is 6.23. The van der Waals surface area contributed by atoms with Gasteiger partial charge in [-0.25, -0.2) is 4.98 Å². The lowest BCUT2D eigenvalue weighted by Crippen LogP contribution is -2.13. The van der Waals surface area contributed by atoms with Crippen LogP contribution >= 0.6 is 45.5 Å². The van der Waals surface area contributed by atoms with Gasteiger partial charge in [-0.05, 0) is 59.0 Å². The summed E-state index contributed by atoms with van der Waals surface area (Å²) < 4.78 is 2.03. The van der Waals surface area contributed by atoms with Crippen molar-refractivity contribution < 1.29 is 9.72 Å². The molecule has 0 fully saturated rings. The molecule has 1 heterocycles. The monoisotopic (exact) mass is 535 g/mol. The lowest BCUT2D eigenvalue weighted by atomic mass is 10.1. The number of nitro groups is 1. The number of amides is 1. The highest BCUT2D eigenvalue weighted by Crippen LogP contribution is 2.36. The van der Waals surface area contributed by atoms with Gasteiger partial charge in [0, 0.05) is 21.3 Å². The summed E-state index contributed by atoms with van der Waals surface area (Å²) in [6.07, 6.45) is 0. The maximum Gasteiger partial charge on any atom is 0.270 e. The van der Waals surface area contributed by atoms with E-state index in [1.165, 1.54) is 29.5 Å². The standard InChI is InChI=1S/C20H11ClIN3O3S/c21-15-7-6-12(25(27)28)10-13(15)19(26)23-16-8-5-11(22)9-14(16)20-24-17-3-1-2-4-18(17)29-20/h1-10H,(H,23,26). The van der Waals surface area contributed by atoms with E-state index in [-0.39, 0.29) is 16.3 Å². The summed E-state index contributed by atoms with van der Waals surface area (Å²) in [7, 11) is 0. The normalized spacial score (nSPS) is 10.8. The largest absolute Gasteiger partial charge is 0.321 e. The Labute approximate surface area is 187 Å². The van der Waals surface area contributed by atoms with Crippen LogP contribution in [0.1, 0.15) is 10.4 Å². The number of anilines is 1. The van der Waals surface area contributed by atoms with Crippen LogP contribution in [-0.2, 0) is 0 Å². The molecular formula is C20H11ClIN3O3S. The van der Waals surface area contributed by atoms with E-state index < -0.39 is 10.8 Å². The SMILES string of the molecule is O=C(Nc1ccc(I)cc1-c1nc2ccccc2s1)c1cc([N+](=O)[O-])ccc1Cl. The van der Waals surface area contributed by atoms with Gasteiger partial charge in [-0.1, -0.05) is 23.7 Å². The Morgan fingerprint density at radius 1 is 1.14 bits per heavy atom. The third-order valence-electron chi connectivity index (χ3n) is 4.16. The third kappa shape index (κ3) is 4.09. The predicted molar refractivity (Wildman–Crippen MR) is 124 cm³/mol. The van der Waals surface area contributed by atoms with Crippen LogP contribution in [0, 0.1) is 13.7 Å². The molecule has 0 aliphatic carbocycles. The topological polar surface area (TPSA) is 85.1 Å². The predicted octanol–water partition coefficient (Wildman–Crippen LogP) is 6.38. The first-order valence-electron chi connectivity index (χ1n) is 8.33. The van der Waals surface area contributed by atoms with Crippen molar-refractivity contribution in [2.24, 2.45) is 0 Å². The highest BCUT2D eigenvalue weighted by Gasteiger charge is 2.18. The fourth-order valence-electron chi connectivity index (χ4n) is 2.78. The van der Waals surface area contributed by atoms with Crippen LogP contribution in [0.3, 0.4) is 0 Å². The molecule has 1 N–H and O–H groups in total. The van der Waals surface area contributed by atoms with Gasteiger partial charge < -0.3 is 5.32 Å². The van der Waals surface area contributed by atoms with Gasteiger partial charge in [-0.15, -0.1) is 11.3 Å². The summed E-state index contributed by atoms with van der Waals surface area (Å²) in [5.74, 6) is -0.526. The van der Waals surface area contributed by atoms with E-state index in [4.69, 9.17) is 11.6 Å². The van der Waals surface area contributed by atoms with Gasteiger partial charge in [0.15, 0.2) is 0 Å². The first kappa shape index (κ1) is 19.7. The minimum Gasteiger partial charge on any atom is -0.321 e. The molecule has 1 aromatic heterocycles. The molecule has 0 atom stereocenters. The van der Waals surface area contributed by atoms with Crippen LogP contribution in [0.5, 0.6) is 0 Å². The number of nitrogens with one attached hydrogen (secondary N) is 1. The molecule has 6 nitrogen and oxygen atoms in total. The van der Waals surface area contributed by atoms with E-state index in [1.54, 1.807) is 6.07 Å². The number of rotatable bonds is 4. The number of non-ortho nitro benzene ring substituents is 1. The molecule has 144 valence electrons. The van der Waals surface area contributed by atoms with Crippen LogP contribution in [0.2, 0.25) is 5.02 Å². The number of nitro benzene ring substituents is 1. The van der Waals surface area contributed by atoms with Crippen molar-refractivity contribution >= 4 is 73.0 Å². The zero-order valence-electron chi connectivity index (χ0n) is 14.6. The van der Waals surface area contributed by atoms with Crippen LogP contribution in [0.25, 0.3) is 20.8 Å². The second kappa shape index (κ2) is 8.05. The highest BCUT2D eigenvalue weighted by atomic mass is 127. The second-order valence-electron chi connectivity index (χ2n) is 6.05. The fraction of sp³-hybridized carbons (Fsp3) is 0. The summed E-state index contributed by atoms with van der Waals surface area (Å²) in [6.45, 7) is 0. The molecule has 0 aliphatic heterocycles. The van der Waals surface area contributed by atoms with Gasteiger partial charge >= 0.3 is 0 Å². The number of para-hydroxylation sites is 1. The summed E-state index contributed by atoms with van der Waals surface area (Å²) >= 11 is 9.82. The highest BCUT2D eigenvalue weighted by molar-refractivity contribution is 14.1. The quantitative estimate of drug-likeness (QED) is 0.187. The second-order valence-corrected chi connectivity index (χ2v) is 8.74. The molecule has 0 spiro atoms. The van der Waals surface area contributed by atoms with Crippen molar-refractivity contribution in [1.29, 1.82) is 0 Å². The molecule has 0 saturated heterocycles. The van der Waals surface area contributed by atoms with Crippen molar-refractivity contribution in [1.82, 2.24) is 4.98 Å². The maximum absolute atomic E-state index is 12.8. The van der Waals surface area contributed by atoms with Gasteiger partial charge in [0.25, 0.3) is 11.6 Å². The van der Waals surface area contributed by atoms with Crippen molar-refractivity contribution in [3.63, 3.8) is 0 Å². The molecule has 3 aromatic carbocycles. The fourth-order valence-corrected chi connectivity index (χ4v) is 4.47. The van der Waals surface area contributed by atoms with Crippen LogP contribution < -0.4 is 5.32 Å². The molecule has 29 heavy (non-hydrogen) atoms. The van der Waals surface area contributed by atoms with Crippen molar-refractivity contribution in [3.05, 3.63) is 84.9 Å². The van der Waals surface area contributed by atoms with Crippen molar-refractivity contribution in [2.75, 3.05) is 5.32 Å². The average Bonchev–Trinajstić information content (AvgIpc) is 3.13. The molecule has 0 aliphatic rings. The Morgan fingerprint density at radius 2 is 1.93 bits per heavy atom. The summed E-state index contributed by atoms with van der Waals surface area (Å²) in [5.41, 5.74) is 2.04. The van der Waals surface area contributed by atoms with E-state index >= 15 is 0 Å². The minimum absolute atomic E-state index is 0.0367. The number of fused-ring (bicyclic) bond motifs is 1. The number of thiazole rings is 1. The Bertz CT molecular complexity index is 1240. The number of nitrogens with zero attached hydrogens (tertiary/aromatic N) is 2. The van der Waals surface area contributed by atoms with Crippen molar-refractivity contribution in [2.45, 2.75) is 0 Å². The molecule has 0 unspecified atom stereocenters. The van der Waals surface area contributed by atoms with Gasteiger partial charge in [0.2, 0.25) is 0 Å². The molecule has 1 amide bonds. The molecule has 0 radical (unpaired) electrons. The number of benzene rings is 3. The van der Waals surface area contributed by atoms with Gasteiger partial charge in [-0.2, -0.15) is 0 Å². The number of carbonyl (C=O) groups excluding carboxylic acids is 1. The Kier molecular flexibility index (Phi) is 5.48. The molecule has 9 heteroatoms. The number of hydrogen-bond donors (Lipinski definition) is 1. The first-order chi connectivity index (χ1) is 13.9. The van der Waals surface area contributed by atoms with Gasteiger partial charge in [-0.3, -0.25) is 14.9 Å². The molecular weight excluding hydrogens is 525 g/mol. The Balaban J connectivity index is 1.74. The lowest BCUT2D eigenvalue weighted by molar-refractivity contribution is -0.384. The smallest absolute Gasteiger partial charge is 0.270 e. The molecule has 0 saturated carbocycles. The Morgan fingerprint density at radius 3 is 2.69 bits per heavy atom. The minimum atomic E-state index is -0.565. The number of aromatic nitrogens is 1. The molecule has 4 aromatic rings. The van der Waals surface area contributed by atoms with Gasteiger partial charge in [0.1, 0.15) is 5.01 Å².